The predicted molar refractivity (Wildman–Crippen MR) is 220 cm³/mol. The topological polar surface area (TPSA) is 3.24 Å². The first-order chi connectivity index (χ1) is 26.1. The van der Waals surface area contributed by atoms with Gasteiger partial charge in [0.05, 0.1) is 0 Å². The standard InChI is InChI=1S/C52H41N/c1-51(2)43-21-10-6-17-38(43)41-32-31-37(33-48(41)51)53(36-29-27-35(28-30-36)34-15-4-3-5-16-34)49-26-14-25-47-50(49)42-20-9-13-24-46(42)52(47)44-22-11-7-18-39(44)40-19-8-12-23-45(40)52/h3-18,20-33,40,47,50H,19H2,1-2H3. The normalized spacial score (nSPS) is 23.3. The average Bonchev–Trinajstić information content (AvgIpc) is 3.78. The van der Waals surface area contributed by atoms with Crippen molar-refractivity contribution < 1.29 is 0 Å². The summed E-state index contributed by atoms with van der Waals surface area (Å²) >= 11 is 0. The largest absolute Gasteiger partial charge is 0.314 e. The maximum absolute atomic E-state index is 2.58. The fourth-order valence-corrected chi connectivity index (χ4v) is 11.0. The van der Waals surface area contributed by atoms with E-state index in [4.69, 9.17) is 0 Å². The van der Waals surface area contributed by atoms with Crippen LogP contribution in [0, 0.1) is 5.92 Å². The van der Waals surface area contributed by atoms with Crippen LogP contribution in [0.25, 0.3) is 22.3 Å². The molecule has 0 bridgehead atoms. The molecular formula is C52H41N. The van der Waals surface area contributed by atoms with Gasteiger partial charge >= 0.3 is 0 Å². The van der Waals surface area contributed by atoms with Crippen LogP contribution in [0.4, 0.5) is 11.4 Å². The molecule has 0 fully saturated rings. The van der Waals surface area contributed by atoms with E-state index in [1.165, 1.54) is 72.7 Å². The molecule has 5 aliphatic rings. The monoisotopic (exact) mass is 679 g/mol. The van der Waals surface area contributed by atoms with Crippen LogP contribution in [0.3, 0.4) is 0 Å². The van der Waals surface area contributed by atoms with Crippen molar-refractivity contribution in [3.05, 3.63) is 227 Å². The van der Waals surface area contributed by atoms with E-state index in [0.717, 1.165) is 6.42 Å². The second-order valence-corrected chi connectivity index (χ2v) is 15.9. The van der Waals surface area contributed by atoms with E-state index >= 15 is 0 Å². The van der Waals surface area contributed by atoms with E-state index in [2.05, 4.69) is 201 Å². The highest BCUT2D eigenvalue weighted by Crippen LogP contribution is 2.68. The van der Waals surface area contributed by atoms with Crippen LogP contribution in [-0.4, -0.2) is 0 Å². The van der Waals surface area contributed by atoms with Crippen molar-refractivity contribution in [3.63, 3.8) is 0 Å². The minimum Gasteiger partial charge on any atom is -0.314 e. The van der Waals surface area contributed by atoms with Gasteiger partial charge in [0.2, 0.25) is 0 Å². The Labute approximate surface area is 313 Å². The van der Waals surface area contributed by atoms with Crippen molar-refractivity contribution in [1.82, 2.24) is 0 Å². The van der Waals surface area contributed by atoms with Crippen molar-refractivity contribution in [1.29, 1.82) is 0 Å². The lowest BCUT2D eigenvalue weighted by molar-refractivity contribution is 0.437. The molecule has 1 nitrogen and oxygen atoms in total. The summed E-state index contributed by atoms with van der Waals surface area (Å²) in [5.41, 5.74) is 18.8. The molecule has 0 heterocycles. The van der Waals surface area contributed by atoms with Gasteiger partial charge in [-0.25, -0.2) is 0 Å². The zero-order valence-electron chi connectivity index (χ0n) is 30.2. The molecule has 254 valence electrons. The summed E-state index contributed by atoms with van der Waals surface area (Å²) in [7, 11) is 0. The summed E-state index contributed by atoms with van der Waals surface area (Å²) in [6.45, 7) is 4.77. The summed E-state index contributed by atoms with van der Waals surface area (Å²) in [6, 6.07) is 54.9. The van der Waals surface area contributed by atoms with Gasteiger partial charge in [-0.2, -0.15) is 0 Å². The van der Waals surface area contributed by atoms with Gasteiger partial charge < -0.3 is 4.90 Å². The zero-order chi connectivity index (χ0) is 35.3. The molecule has 0 saturated carbocycles. The molecule has 53 heavy (non-hydrogen) atoms. The van der Waals surface area contributed by atoms with Crippen molar-refractivity contribution in [3.8, 4) is 22.3 Å². The van der Waals surface area contributed by atoms with Crippen LogP contribution in [0.15, 0.2) is 193 Å². The van der Waals surface area contributed by atoms with Crippen LogP contribution in [0.2, 0.25) is 0 Å². The fraction of sp³-hybridized carbons (Fsp3) is 0.154. The molecule has 0 amide bonds. The third-order valence-electron chi connectivity index (χ3n) is 13.2. The number of hydrogen-bond acceptors (Lipinski definition) is 1. The SMILES string of the molecule is CC1(C)c2ccccc2-c2ccc(N(C3=CC=CC4C3c3ccccc3C43C4=CC=CCC4c4ccccc43)c3ccc(-c4ccccc4)cc3)cc21. The van der Waals surface area contributed by atoms with Gasteiger partial charge in [-0.3, -0.25) is 0 Å². The first-order valence-corrected chi connectivity index (χ1v) is 19.2. The second-order valence-electron chi connectivity index (χ2n) is 15.9. The van der Waals surface area contributed by atoms with E-state index in [9.17, 15) is 0 Å². The van der Waals surface area contributed by atoms with Crippen LogP contribution in [0.5, 0.6) is 0 Å². The maximum atomic E-state index is 2.58. The molecule has 1 spiro atoms. The van der Waals surface area contributed by atoms with E-state index < -0.39 is 0 Å². The average molecular weight is 680 g/mol. The lowest BCUT2D eigenvalue weighted by atomic mass is 9.63. The summed E-state index contributed by atoms with van der Waals surface area (Å²) < 4.78 is 0. The summed E-state index contributed by atoms with van der Waals surface area (Å²) in [5, 5.41) is 0. The Morgan fingerprint density at radius 3 is 2.00 bits per heavy atom. The Kier molecular flexibility index (Phi) is 6.54. The number of nitrogens with zero attached hydrogens (tertiary/aromatic N) is 1. The third kappa shape index (κ3) is 4.14. The zero-order valence-corrected chi connectivity index (χ0v) is 30.2. The van der Waals surface area contributed by atoms with Crippen LogP contribution in [-0.2, 0) is 10.8 Å². The molecule has 0 aliphatic heterocycles. The Balaban J connectivity index is 1.12. The number of hydrogen-bond donors (Lipinski definition) is 0. The maximum Gasteiger partial charge on any atom is 0.0498 e. The quantitative estimate of drug-likeness (QED) is 0.179. The van der Waals surface area contributed by atoms with Crippen LogP contribution < -0.4 is 4.90 Å². The highest BCUT2D eigenvalue weighted by molar-refractivity contribution is 5.85. The Hall–Kier alpha value is -5.92. The molecule has 5 aliphatic carbocycles. The van der Waals surface area contributed by atoms with Gasteiger partial charge in [0.25, 0.3) is 0 Å². The predicted octanol–water partition coefficient (Wildman–Crippen LogP) is 12.9. The number of benzene rings is 6. The minimum atomic E-state index is -0.215. The highest BCUT2D eigenvalue weighted by atomic mass is 15.2. The fourth-order valence-electron chi connectivity index (χ4n) is 11.0. The van der Waals surface area contributed by atoms with E-state index in [1.54, 1.807) is 5.57 Å². The van der Waals surface area contributed by atoms with E-state index in [1.807, 2.05) is 0 Å². The molecule has 0 aromatic heterocycles. The first kappa shape index (κ1) is 30.7. The number of allylic oxidation sites excluding steroid dienone is 8. The summed E-state index contributed by atoms with van der Waals surface area (Å²) in [4.78, 5) is 2.58. The van der Waals surface area contributed by atoms with E-state index in [-0.39, 0.29) is 22.7 Å². The number of anilines is 2. The number of fused-ring (bicyclic) bond motifs is 13. The molecular weight excluding hydrogens is 639 g/mol. The minimum absolute atomic E-state index is 0.0955. The molecule has 1 heteroatoms. The Bertz CT molecular complexity index is 2580. The third-order valence-corrected chi connectivity index (χ3v) is 13.2. The van der Waals surface area contributed by atoms with Gasteiger partial charge in [0.15, 0.2) is 0 Å². The second kappa shape index (κ2) is 11.3. The molecule has 4 unspecified atom stereocenters. The smallest absolute Gasteiger partial charge is 0.0498 e. The lowest BCUT2D eigenvalue weighted by Crippen LogP contribution is -2.36. The van der Waals surface area contributed by atoms with Crippen molar-refractivity contribution >= 4 is 11.4 Å². The molecule has 0 radical (unpaired) electrons. The molecule has 0 saturated heterocycles. The van der Waals surface area contributed by atoms with Crippen molar-refractivity contribution in [2.24, 2.45) is 5.92 Å². The van der Waals surface area contributed by atoms with Crippen LogP contribution >= 0.6 is 0 Å². The first-order valence-electron chi connectivity index (χ1n) is 19.2. The molecule has 4 atom stereocenters. The van der Waals surface area contributed by atoms with Crippen molar-refractivity contribution in [2.75, 3.05) is 4.90 Å². The van der Waals surface area contributed by atoms with Gasteiger partial charge in [0.1, 0.15) is 0 Å². The molecule has 11 rings (SSSR count). The summed E-state index contributed by atoms with van der Waals surface area (Å²) in [6.07, 6.45) is 15.5. The van der Waals surface area contributed by atoms with Gasteiger partial charge in [-0.1, -0.05) is 166 Å². The molecule has 0 N–H and O–H groups in total. The molecule has 6 aromatic carbocycles. The van der Waals surface area contributed by atoms with E-state index in [0.29, 0.717) is 5.92 Å². The summed E-state index contributed by atoms with van der Waals surface area (Å²) in [5.74, 6) is 0.819. The van der Waals surface area contributed by atoms with Gasteiger partial charge in [0, 0.05) is 45.7 Å². The Morgan fingerprint density at radius 1 is 0.547 bits per heavy atom. The van der Waals surface area contributed by atoms with Crippen molar-refractivity contribution in [2.45, 2.75) is 42.9 Å². The lowest BCUT2D eigenvalue weighted by Gasteiger charge is -2.41. The Morgan fingerprint density at radius 2 is 1.19 bits per heavy atom. The van der Waals surface area contributed by atoms with Crippen LogP contribution in [0.1, 0.15) is 65.5 Å². The highest BCUT2D eigenvalue weighted by Gasteiger charge is 2.61. The molecule has 6 aromatic rings. The van der Waals surface area contributed by atoms with Gasteiger partial charge in [-0.15, -0.1) is 0 Å². The van der Waals surface area contributed by atoms with Gasteiger partial charge in [-0.05, 0) is 98.0 Å². The number of rotatable bonds is 4.